The van der Waals surface area contributed by atoms with Crippen LogP contribution in [0, 0.1) is 0 Å². The van der Waals surface area contributed by atoms with E-state index in [2.05, 4.69) is 5.32 Å². The summed E-state index contributed by atoms with van der Waals surface area (Å²) in [5, 5.41) is 21.1. The highest BCUT2D eigenvalue weighted by Gasteiger charge is 2.14. The molecule has 0 aromatic carbocycles. The highest BCUT2D eigenvalue weighted by Crippen LogP contribution is 2.17. The molecule has 0 spiro atoms. The Hall–Kier alpha value is -0.120. The van der Waals surface area contributed by atoms with Crippen molar-refractivity contribution in [1.82, 2.24) is 5.32 Å². The van der Waals surface area contributed by atoms with Gasteiger partial charge in [0.05, 0.1) is 6.10 Å². The molecular weight excluding hydrogens is 154 g/mol. The molecule has 1 fully saturated rings. The number of rotatable bonds is 5. The Bertz CT molecular complexity index is 113. The van der Waals surface area contributed by atoms with E-state index >= 15 is 0 Å². The second-order valence-electron chi connectivity index (χ2n) is 3.56. The van der Waals surface area contributed by atoms with Gasteiger partial charge in [-0.15, -0.1) is 0 Å². The smallest absolute Gasteiger partial charge is 0.0686 e. The van der Waals surface area contributed by atoms with Gasteiger partial charge in [-0.25, -0.2) is 0 Å². The molecule has 0 aliphatic heterocycles. The lowest BCUT2D eigenvalue weighted by molar-refractivity contribution is 0.128. The van der Waals surface area contributed by atoms with Crippen LogP contribution in [0.25, 0.3) is 0 Å². The number of aliphatic hydroxyl groups is 2. The number of nitrogens with one attached hydrogen (secondary N) is 1. The van der Waals surface area contributed by atoms with E-state index in [-0.39, 0.29) is 12.7 Å². The molecule has 1 rings (SSSR count). The number of hydrogen-bond donors (Lipinski definition) is 3. The van der Waals surface area contributed by atoms with E-state index in [4.69, 9.17) is 5.11 Å². The molecule has 1 saturated carbocycles. The molecule has 0 saturated heterocycles. The lowest BCUT2D eigenvalue weighted by Crippen LogP contribution is -2.34. The van der Waals surface area contributed by atoms with Gasteiger partial charge >= 0.3 is 0 Å². The molecule has 3 N–H and O–H groups in total. The Kier molecular flexibility index (Phi) is 4.58. The Morgan fingerprint density at radius 3 is 2.58 bits per heavy atom. The monoisotopic (exact) mass is 173 g/mol. The predicted molar refractivity (Wildman–Crippen MR) is 48.0 cm³/mol. The van der Waals surface area contributed by atoms with Crippen molar-refractivity contribution in [2.24, 2.45) is 0 Å². The van der Waals surface area contributed by atoms with E-state index in [0.29, 0.717) is 19.0 Å². The zero-order chi connectivity index (χ0) is 8.81. The largest absolute Gasteiger partial charge is 0.396 e. The summed E-state index contributed by atoms with van der Waals surface area (Å²) < 4.78 is 0. The molecule has 1 aliphatic rings. The fourth-order valence-corrected chi connectivity index (χ4v) is 1.68. The maximum atomic E-state index is 9.29. The Morgan fingerprint density at radius 2 is 2.00 bits per heavy atom. The van der Waals surface area contributed by atoms with Crippen molar-refractivity contribution in [2.45, 2.75) is 44.2 Å². The Labute approximate surface area is 73.8 Å². The van der Waals surface area contributed by atoms with Gasteiger partial charge in [0.15, 0.2) is 0 Å². The third-order valence-electron chi connectivity index (χ3n) is 2.46. The minimum atomic E-state index is -0.379. The molecule has 0 bridgehead atoms. The van der Waals surface area contributed by atoms with Crippen LogP contribution >= 0.6 is 0 Å². The number of aliphatic hydroxyl groups excluding tert-OH is 2. The first-order valence-electron chi connectivity index (χ1n) is 4.85. The summed E-state index contributed by atoms with van der Waals surface area (Å²) in [7, 11) is 0. The maximum Gasteiger partial charge on any atom is 0.0686 e. The SMILES string of the molecule is OCCC(O)CNC1CCCC1. The summed E-state index contributed by atoms with van der Waals surface area (Å²) in [6.07, 6.45) is 5.22. The zero-order valence-electron chi connectivity index (χ0n) is 7.50. The molecule has 1 aliphatic carbocycles. The predicted octanol–water partition coefficient (Wildman–Crippen LogP) is 0.262. The van der Waals surface area contributed by atoms with Crippen molar-refractivity contribution in [2.75, 3.05) is 13.2 Å². The average molecular weight is 173 g/mol. The Morgan fingerprint density at radius 1 is 1.33 bits per heavy atom. The van der Waals surface area contributed by atoms with Gasteiger partial charge in [-0.05, 0) is 19.3 Å². The topological polar surface area (TPSA) is 52.5 Å². The minimum Gasteiger partial charge on any atom is -0.396 e. The third kappa shape index (κ3) is 3.52. The van der Waals surface area contributed by atoms with Crippen molar-refractivity contribution >= 4 is 0 Å². The maximum absolute atomic E-state index is 9.29. The van der Waals surface area contributed by atoms with Crippen LogP contribution in [0.4, 0.5) is 0 Å². The van der Waals surface area contributed by atoms with Crippen LogP contribution in [0.5, 0.6) is 0 Å². The van der Waals surface area contributed by atoms with Crippen LogP contribution in [-0.2, 0) is 0 Å². The summed E-state index contributed by atoms with van der Waals surface area (Å²) in [6.45, 7) is 0.707. The summed E-state index contributed by atoms with van der Waals surface area (Å²) in [5.74, 6) is 0. The lowest BCUT2D eigenvalue weighted by Gasteiger charge is -2.14. The van der Waals surface area contributed by atoms with Gasteiger partial charge < -0.3 is 15.5 Å². The van der Waals surface area contributed by atoms with Crippen molar-refractivity contribution in [1.29, 1.82) is 0 Å². The van der Waals surface area contributed by atoms with Crippen LogP contribution < -0.4 is 5.32 Å². The van der Waals surface area contributed by atoms with Gasteiger partial charge in [-0.1, -0.05) is 12.8 Å². The first-order chi connectivity index (χ1) is 5.83. The fourth-order valence-electron chi connectivity index (χ4n) is 1.68. The molecule has 12 heavy (non-hydrogen) atoms. The van der Waals surface area contributed by atoms with Crippen molar-refractivity contribution < 1.29 is 10.2 Å². The van der Waals surface area contributed by atoms with E-state index in [9.17, 15) is 5.11 Å². The molecule has 0 aromatic heterocycles. The second kappa shape index (κ2) is 5.51. The van der Waals surface area contributed by atoms with Gasteiger partial charge in [0.25, 0.3) is 0 Å². The fraction of sp³-hybridized carbons (Fsp3) is 1.00. The van der Waals surface area contributed by atoms with E-state index in [1.54, 1.807) is 0 Å². The van der Waals surface area contributed by atoms with E-state index in [0.717, 1.165) is 0 Å². The minimum absolute atomic E-state index is 0.0769. The van der Waals surface area contributed by atoms with Crippen LogP contribution in [0.2, 0.25) is 0 Å². The van der Waals surface area contributed by atoms with Crippen LogP contribution in [0.1, 0.15) is 32.1 Å². The normalized spacial score (nSPS) is 21.5. The number of hydrogen-bond acceptors (Lipinski definition) is 3. The average Bonchev–Trinajstić information content (AvgIpc) is 2.53. The van der Waals surface area contributed by atoms with Crippen molar-refractivity contribution in [3.8, 4) is 0 Å². The second-order valence-corrected chi connectivity index (χ2v) is 3.56. The molecular formula is C9H19NO2. The molecule has 3 heteroatoms. The highest BCUT2D eigenvalue weighted by molar-refractivity contribution is 4.74. The molecule has 0 amide bonds. The summed E-state index contributed by atoms with van der Waals surface area (Å²) >= 11 is 0. The molecule has 0 aromatic rings. The third-order valence-corrected chi connectivity index (χ3v) is 2.46. The molecule has 1 atom stereocenters. The summed E-state index contributed by atoms with van der Waals surface area (Å²) in [4.78, 5) is 0. The highest BCUT2D eigenvalue weighted by atomic mass is 16.3. The van der Waals surface area contributed by atoms with E-state index in [1.165, 1.54) is 25.7 Å². The summed E-state index contributed by atoms with van der Waals surface area (Å²) in [6, 6.07) is 0.610. The van der Waals surface area contributed by atoms with Crippen molar-refractivity contribution in [3.63, 3.8) is 0 Å². The molecule has 72 valence electrons. The van der Waals surface area contributed by atoms with Crippen LogP contribution in [0.3, 0.4) is 0 Å². The van der Waals surface area contributed by atoms with Crippen LogP contribution in [0.15, 0.2) is 0 Å². The van der Waals surface area contributed by atoms with E-state index < -0.39 is 0 Å². The molecule has 0 radical (unpaired) electrons. The molecule has 0 heterocycles. The quantitative estimate of drug-likeness (QED) is 0.559. The first-order valence-corrected chi connectivity index (χ1v) is 4.85. The van der Waals surface area contributed by atoms with Gasteiger partial charge in [0.2, 0.25) is 0 Å². The molecule has 1 unspecified atom stereocenters. The van der Waals surface area contributed by atoms with E-state index in [1.807, 2.05) is 0 Å². The first kappa shape index (κ1) is 9.96. The van der Waals surface area contributed by atoms with Gasteiger partial charge in [-0.2, -0.15) is 0 Å². The van der Waals surface area contributed by atoms with Crippen LogP contribution in [-0.4, -0.2) is 35.5 Å². The lowest BCUT2D eigenvalue weighted by atomic mass is 10.2. The van der Waals surface area contributed by atoms with Crippen molar-refractivity contribution in [3.05, 3.63) is 0 Å². The van der Waals surface area contributed by atoms with Gasteiger partial charge in [0.1, 0.15) is 0 Å². The standard InChI is InChI=1S/C9H19NO2/c11-6-5-9(12)7-10-8-3-1-2-4-8/h8-12H,1-7H2. The molecule has 3 nitrogen and oxygen atoms in total. The zero-order valence-corrected chi connectivity index (χ0v) is 7.50. The Balaban J connectivity index is 1.99. The summed E-state index contributed by atoms with van der Waals surface area (Å²) in [5.41, 5.74) is 0. The van der Waals surface area contributed by atoms with Gasteiger partial charge in [0, 0.05) is 19.2 Å². The van der Waals surface area contributed by atoms with Gasteiger partial charge in [-0.3, -0.25) is 0 Å².